The van der Waals surface area contributed by atoms with Crippen LogP contribution in [-0.4, -0.2) is 42.5 Å². The highest BCUT2D eigenvalue weighted by molar-refractivity contribution is 5.99. The van der Waals surface area contributed by atoms with Gasteiger partial charge in [0.1, 0.15) is 17.1 Å². The zero-order valence-corrected chi connectivity index (χ0v) is 16.3. The minimum Gasteiger partial charge on any atom is -0.453 e. The smallest absolute Gasteiger partial charge is 0.344 e. The Bertz CT molecular complexity index is 1190. The summed E-state index contributed by atoms with van der Waals surface area (Å²) in [5.41, 5.74) is 1.79. The Morgan fingerprint density at radius 3 is 2.47 bits per heavy atom. The van der Waals surface area contributed by atoms with Crippen LogP contribution in [0.5, 0.6) is 0 Å². The molecule has 0 aliphatic carbocycles. The van der Waals surface area contributed by atoms with Crippen molar-refractivity contribution in [3.63, 3.8) is 0 Å². The molecule has 0 bridgehead atoms. The lowest BCUT2D eigenvalue weighted by atomic mass is 10.2. The van der Waals surface area contributed by atoms with Crippen LogP contribution in [0.25, 0.3) is 11.5 Å². The Kier molecular flexibility index (Phi) is 5.01. The third kappa shape index (κ3) is 3.64. The van der Waals surface area contributed by atoms with Crippen molar-refractivity contribution in [1.29, 1.82) is 0 Å². The summed E-state index contributed by atoms with van der Waals surface area (Å²) < 4.78 is 23.3. The van der Waals surface area contributed by atoms with Crippen molar-refractivity contribution < 1.29 is 18.7 Å². The Morgan fingerprint density at radius 1 is 1.13 bits per heavy atom. The molecule has 4 aromatic rings. The Morgan fingerprint density at radius 2 is 1.83 bits per heavy atom. The van der Waals surface area contributed by atoms with Crippen molar-refractivity contribution in [1.82, 2.24) is 24.1 Å². The predicted octanol–water partition coefficient (Wildman–Crippen LogP) is 2.88. The summed E-state index contributed by atoms with van der Waals surface area (Å²) in [6.07, 6.45) is 4.85. The summed E-state index contributed by atoms with van der Waals surface area (Å²) in [5, 5.41) is 8.36. The zero-order chi connectivity index (χ0) is 21.3. The second-order valence-electron chi connectivity index (χ2n) is 6.65. The van der Waals surface area contributed by atoms with Gasteiger partial charge in [-0.25, -0.2) is 13.9 Å². The van der Waals surface area contributed by atoms with E-state index in [0.29, 0.717) is 11.5 Å². The molecule has 0 saturated carbocycles. The lowest BCUT2D eigenvalue weighted by Crippen LogP contribution is -2.16. The molecular weight excluding hydrogens is 389 g/mol. The first kappa shape index (κ1) is 19.3. The van der Waals surface area contributed by atoms with Gasteiger partial charge in [-0.15, -0.1) is 0 Å². The van der Waals surface area contributed by atoms with Crippen LogP contribution in [0.4, 0.5) is 4.39 Å². The molecule has 0 radical (unpaired) electrons. The van der Waals surface area contributed by atoms with Gasteiger partial charge in [-0.3, -0.25) is 9.48 Å². The summed E-state index contributed by atoms with van der Waals surface area (Å²) in [7, 11) is 1.73. The first-order chi connectivity index (χ1) is 14.4. The number of aromatic nitrogens is 5. The number of ether oxygens (including phenoxy) is 1. The number of aryl methyl sites for hydroxylation is 2. The topological polar surface area (TPSA) is 83.9 Å². The van der Waals surface area contributed by atoms with Crippen molar-refractivity contribution in [2.24, 2.45) is 7.05 Å². The standard InChI is InChI=1S/C21H18FN5O3/c1-14-11-18(24-25(14)2)19(28)13-30-21(29)17-12-23-27(16-7-5-15(22)6-8-16)20(17)26-9-3-4-10-26/h3-12H,13H2,1-2H3. The summed E-state index contributed by atoms with van der Waals surface area (Å²) in [5.74, 6) is -1.07. The highest BCUT2D eigenvalue weighted by Crippen LogP contribution is 2.21. The molecule has 0 aliphatic heterocycles. The molecule has 0 spiro atoms. The molecule has 8 nitrogen and oxygen atoms in total. The maximum atomic E-state index is 13.3. The van der Waals surface area contributed by atoms with E-state index >= 15 is 0 Å². The van der Waals surface area contributed by atoms with E-state index in [1.54, 1.807) is 59.0 Å². The molecule has 0 atom stereocenters. The van der Waals surface area contributed by atoms with Crippen LogP contribution in [0.15, 0.2) is 61.1 Å². The van der Waals surface area contributed by atoms with Crippen molar-refractivity contribution in [2.45, 2.75) is 6.92 Å². The van der Waals surface area contributed by atoms with E-state index in [1.807, 2.05) is 6.92 Å². The minimum absolute atomic E-state index is 0.167. The number of nitrogens with zero attached hydrogens (tertiary/aromatic N) is 5. The SMILES string of the molecule is Cc1cc(C(=O)COC(=O)c2cnn(-c3ccc(F)cc3)c2-n2cccc2)nn1C. The van der Waals surface area contributed by atoms with E-state index in [-0.39, 0.29) is 17.1 Å². The molecule has 9 heteroatoms. The van der Waals surface area contributed by atoms with E-state index < -0.39 is 18.4 Å². The molecule has 30 heavy (non-hydrogen) atoms. The number of Topliss-reactive ketones (excluding diaryl/α,β-unsaturated/α-hetero) is 1. The molecule has 0 unspecified atom stereocenters. The van der Waals surface area contributed by atoms with Gasteiger partial charge in [0.05, 0.1) is 11.9 Å². The summed E-state index contributed by atoms with van der Waals surface area (Å²) in [6.45, 7) is 1.38. The number of esters is 1. The maximum absolute atomic E-state index is 13.3. The third-order valence-corrected chi connectivity index (χ3v) is 4.62. The van der Waals surface area contributed by atoms with E-state index in [1.165, 1.54) is 23.0 Å². The first-order valence-electron chi connectivity index (χ1n) is 9.12. The fourth-order valence-corrected chi connectivity index (χ4v) is 2.96. The lowest BCUT2D eigenvalue weighted by Gasteiger charge is -2.10. The van der Waals surface area contributed by atoms with E-state index in [2.05, 4.69) is 10.2 Å². The van der Waals surface area contributed by atoms with Crippen molar-refractivity contribution in [3.8, 4) is 11.5 Å². The van der Waals surface area contributed by atoms with Gasteiger partial charge in [-0.1, -0.05) is 0 Å². The molecule has 0 amide bonds. The van der Waals surface area contributed by atoms with E-state index in [4.69, 9.17) is 4.74 Å². The second kappa shape index (κ2) is 7.78. The molecular formula is C21H18FN5O3. The fraction of sp³-hybridized carbons (Fsp3) is 0.143. The highest BCUT2D eigenvalue weighted by atomic mass is 19.1. The fourth-order valence-electron chi connectivity index (χ4n) is 2.96. The Hall–Kier alpha value is -4.01. The van der Waals surface area contributed by atoms with Gasteiger partial charge >= 0.3 is 5.97 Å². The summed E-state index contributed by atoms with van der Waals surface area (Å²) in [4.78, 5) is 25.0. The van der Waals surface area contributed by atoms with Crippen molar-refractivity contribution in [2.75, 3.05) is 6.61 Å². The monoisotopic (exact) mass is 407 g/mol. The maximum Gasteiger partial charge on any atom is 0.344 e. The number of benzene rings is 1. The van der Waals surface area contributed by atoms with Gasteiger partial charge < -0.3 is 9.30 Å². The van der Waals surface area contributed by atoms with Crippen molar-refractivity contribution >= 4 is 11.8 Å². The number of carbonyl (C=O) groups excluding carboxylic acids is 2. The molecule has 152 valence electrons. The normalized spacial score (nSPS) is 10.9. The average Bonchev–Trinajstić information content (AvgIpc) is 3.46. The van der Waals surface area contributed by atoms with Crippen LogP contribution in [-0.2, 0) is 11.8 Å². The highest BCUT2D eigenvalue weighted by Gasteiger charge is 2.22. The first-order valence-corrected chi connectivity index (χ1v) is 9.12. The number of ketones is 1. The zero-order valence-electron chi connectivity index (χ0n) is 16.3. The third-order valence-electron chi connectivity index (χ3n) is 4.62. The predicted molar refractivity (Wildman–Crippen MR) is 105 cm³/mol. The molecule has 4 rings (SSSR count). The van der Waals surface area contributed by atoms with Gasteiger partial charge in [0.25, 0.3) is 0 Å². The Balaban J connectivity index is 1.61. The van der Waals surface area contributed by atoms with Crippen LogP contribution in [0.3, 0.4) is 0 Å². The summed E-state index contributed by atoms with van der Waals surface area (Å²) >= 11 is 0. The Labute approximate surface area is 171 Å². The average molecular weight is 407 g/mol. The molecule has 0 fully saturated rings. The number of hydrogen-bond donors (Lipinski definition) is 0. The second-order valence-corrected chi connectivity index (χ2v) is 6.65. The molecule has 3 heterocycles. The summed E-state index contributed by atoms with van der Waals surface area (Å²) in [6, 6.07) is 10.9. The van der Waals surface area contributed by atoms with Crippen LogP contribution < -0.4 is 0 Å². The van der Waals surface area contributed by atoms with Crippen LogP contribution in [0, 0.1) is 12.7 Å². The molecule has 0 aliphatic rings. The number of hydrogen-bond acceptors (Lipinski definition) is 5. The lowest BCUT2D eigenvalue weighted by molar-refractivity contribution is 0.0473. The van der Waals surface area contributed by atoms with Crippen molar-refractivity contribution in [3.05, 3.63) is 83.8 Å². The van der Waals surface area contributed by atoms with Gasteiger partial charge in [-0.05, 0) is 49.4 Å². The molecule has 1 aromatic carbocycles. The van der Waals surface area contributed by atoms with Crippen LogP contribution in [0.1, 0.15) is 26.5 Å². The van der Waals surface area contributed by atoms with Gasteiger partial charge in [0.15, 0.2) is 12.4 Å². The molecule has 0 saturated heterocycles. The quantitative estimate of drug-likeness (QED) is 0.363. The minimum atomic E-state index is -0.701. The number of carbonyl (C=O) groups is 2. The van der Waals surface area contributed by atoms with E-state index in [0.717, 1.165) is 5.69 Å². The molecule has 0 N–H and O–H groups in total. The van der Waals surface area contributed by atoms with Crippen LogP contribution in [0.2, 0.25) is 0 Å². The number of halogens is 1. The number of rotatable bonds is 6. The van der Waals surface area contributed by atoms with Crippen LogP contribution >= 0.6 is 0 Å². The van der Waals surface area contributed by atoms with Gasteiger partial charge in [-0.2, -0.15) is 10.2 Å². The largest absolute Gasteiger partial charge is 0.453 e. The van der Waals surface area contributed by atoms with Gasteiger partial charge in [0.2, 0.25) is 5.78 Å². The molecule has 3 aromatic heterocycles. The van der Waals surface area contributed by atoms with E-state index in [9.17, 15) is 14.0 Å². The van der Waals surface area contributed by atoms with Gasteiger partial charge in [0, 0.05) is 25.1 Å².